The Morgan fingerprint density at radius 3 is 3.31 bits per heavy atom. The molecule has 1 aliphatic rings. The number of aromatic nitrogens is 2. The molecule has 0 radical (unpaired) electrons. The van der Waals surface area contributed by atoms with Gasteiger partial charge in [-0.25, -0.2) is 0 Å². The third kappa shape index (κ3) is 0.786. The third-order valence-corrected chi connectivity index (χ3v) is 2.52. The molecule has 0 aromatic carbocycles. The summed E-state index contributed by atoms with van der Waals surface area (Å²) in [5, 5.41) is 0. The first kappa shape index (κ1) is 6.83. The zero-order valence-corrected chi connectivity index (χ0v) is 7.03. The lowest BCUT2D eigenvalue weighted by Crippen LogP contribution is -1.91. The van der Waals surface area contributed by atoms with Gasteiger partial charge in [-0.2, -0.15) is 0 Å². The molecule has 3 heteroatoms. The van der Waals surface area contributed by atoms with Crippen LogP contribution in [0, 0.1) is 0 Å². The molecule has 0 unspecified atom stereocenters. The van der Waals surface area contributed by atoms with Gasteiger partial charge in [0.15, 0.2) is 5.78 Å². The van der Waals surface area contributed by atoms with Gasteiger partial charge in [0, 0.05) is 19.2 Å². The summed E-state index contributed by atoms with van der Waals surface area (Å²) in [6.07, 6.45) is 2.39. The fourth-order valence-electron chi connectivity index (χ4n) is 1.90. The molecule has 3 nitrogen and oxygen atoms in total. The molecular formula is C10H8N2O. The molecule has 2 aromatic rings. The zero-order valence-electron chi connectivity index (χ0n) is 7.03. The highest BCUT2D eigenvalue weighted by molar-refractivity contribution is 6.01. The Kier molecular flexibility index (Phi) is 1.15. The van der Waals surface area contributed by atoms with Crippen LogP contribution in [-0.4, -0.2) is 15.3 Å². The van der Waals surface area contributed by atoms with Gasteiger partial charge in [-0.1, -0.05) is 0 Å². The molecule has 3 rings (SSSR count). The van der Waals surface area contributed by atoms with Crippen LogP contribution in [-0.2, 0) is 6.54 Å². The summed E-state index contributed by atoms with van der Waals surface area (Å²) in [5.41, 5.74) is 2.81. The summed E-state index contributed by atoms with van der Waals surface area (Å²) in [6.45, 7) is 0.809. The minimum absolute atomic E-state index is 0.234. The summed E-state index contributed by atoms with van der Waals surface area (Å²) in [5.74, 6) is 0.234. The van der Waals surface area contributed by atoms with Crippen LogP contribution in [0.25, 0.3) is 11.0 Å². The van der Waals surface area contributed by atoms with E-state index in [0.717, 1.165) is 23.3 Å². The Hall–Kier alpha value is -1.64. The Bertz CT molecular complexity index is 499. The molecule has 3 heterocycles. The van der Waals surface area contributed by atoms with Crippen molar-refractivity contribution in [2.45, 2.75) is 13.0 Å². The van der Waals surface area contributed by atoms with Crippen molar-refractivity contribution in [3.8, 4) is 0 Å². The number of Topliss-reactive ketones (excluding diaryl/α,β-unsaturated/α-hetero) is 1. The van der Waals surface area contributed by atoms with Crippen molar-refractivity contribution >= 4 is 16.8 Å². The van der Waals surface area contributed by atoms with E-state index in [-0.39, 0.29) is 5.78 Å². The number of aryl methyl sites for hydroxylation is 1. The summed E-state index contributed by atoms with van der Waals surface area (Å²) in [6, 6.07) is 5.79. The van der Waals surface area contributed by atoms with Crippen LogP contribution < -0.4 is 0 Å². The first-order valence-corrected chi connectivity index (χ1v) is 4.34. The molecule has 0 amide bonds. The Balaban J connectivity index is 2.44. The summed E-state index contributed by atoms with van der Waals surface area (Å²) >= 11 is 0. The quantitative estimate of drug-likeness (QED) is 0.605. The minimum Gasteiger partial charge on any atom is -0.336 e. The predicted octanol–water partition coefficient (Wildman–Crippen LogP) is 1.62. The largest absolute Gasteiger partial charge is 0.336 e. The molecule has 13 heavy (non-hydrogen) atoms. The van der Waals surface area contributed by atoms with E-state index in [0.29, 0.717) is 6.42 Å². The molecule has 2 aromatic heterocycles. The van der Waals surface area contributed by atoms with E-state index in [9.17, 15) is 4.79 Å². The van der Waals surface area contributed by atoms with E-state index in [1.54, 1.807) is 6.20 Å². The van der Waals surface area contributed by atoms with Gasteiger partial charge in [0.05, 0.1) is 16.7 Å². The minimum atomic E-state index is 0.234. The SMILES string of the molecule is O=C1CCn2c1cc1ncccc12. The lowest BCUT2D eigenvalue weighted by molar-refractivity contribution is 0.0994. The Labute approximate surface area is 75.0 Å². The van der Waals surface area contributed by atoms with Crippen molar-refractivity contribution in [3.63, 3.8) is 0 Å². The lowest BCUT2D eigenvalue weighted by atomic mass is 10.2. The van der Waals surface area contributed by atoms with Crippen molar-refractivity contribution in [3.05, 3.63) is 30.1 Å². The number of carbonyl (C=O) groups excluding carboxylic acids is 1. The summed E-state index contributed by atoms with van der Waals surface area (Å²) < 4.78 is 2.05. The van der Waals surface area contributed by atoms with Crippen LogP contribution in [0.1, 0.15) is 16.9 Å². The zero-order chi connectivity index (χ0) is 8.84. The number of ketones is 1. The van der Waals surface area contributed by atoms with E-state index in [4.69, 9.17) is 0 Å². The highest BCUT2D eigenvalue weighted by atomic mass is 16.1. The number of carbonyl (C=O) groups is 1. The summed E-state index contributed by atoms with van der Waals surface area (Å²) in [7, 11) is 0. The molecule has 0 fully saturated rings. The van der Waals surface area contributed by atoms with Crippen LogP contribution in [0.2, 0.25) is 0 Å². The maximum absolute atomic E-state index is 11.4. The molecule has 0 bridgehead atoms. The van der Waals surface area contributed by atoms with Gasteiger partial charge in [-0.05, 0) is 18.2 Å². The maximum Gasteiger partial charge on any atom is 0.181 e. The smallest absolute Gasteiger partial charge is 0.181 e. The topological polar surface area (TPSA) is 34.9 Å². The monoisotopic (exact) mass is 172 g/mol. The lowest BCUT2D eigenvalue weighted by Gasteiger charge is -1.96. The Morgan fingerprint density at radius 1 is 1.46 bits per heavy atom. The Morgan fingerprint density at radius 2 is 2.38 bits per heavy atom. The third-order valence-electron chi connectivity index (χ3n) is 2.52. The highest BCUT2D eigenvalue weighted by Gasteiger charge is 2.21. The summed E-state index contributed by atoms with van der Waals surface area (Å²) in [4.78, 5) is 15.6. The molecular weight excluding hydrogens is 164 g/mol. The predicted molar refractivity (Wildman–Crippen MR) is 48.7 cm³/mol. The average molecular weight is 172 g/mol. The van der Waals surface area contributed by atoms with Crippen molar-refractivity contribution in [2.24, 2.45) is 0 Å². The number of hydrogen-bond acceptors (Lipinski definition) is 2. The van der Waals surface area contributed by atoms with E-state index in [1.807, 2.05) is 22.8 Å². The molecule has 0 spiro atoms. The number of rotatable bonds is 0. The van der Waals surface area contributed by atoms with E-state index < -0.39 is 0 Å². The van der Waals surface area contributed by atoms with Gasteiger partial charge in [0.1, 0.15) is 0 Å². The van der Waals surface area contributed by atoms with Crippen molar-refractivity contribution in [1.82, 2.24) is 9.55 Å². The van der Waals surface area contributed by atoms with Crippen LogP contribution >= 0.6 is 0 Å². The first-order valence-electron chi connectivity index (χ1n) is 4.34. The number of nitrogens with zero attached hydrogens (tertiary/aromatic N) is 2. The van der Waals surface area contributed by atoms with Crippen LogP contribution in [0.4, 0.5) is 0 Å². The van der Waals surface area contributed by atoms with Gasteiger partial charge >= 0.3 is 0 Å². The van der Waals surface area contributed by atoms with Gasteiger partial charge in [-0.3, -0.25) is 9.78 Å². The van der Waals surface area contributed by atoms with E-state index >= 15 is 0 Å². The normalized spacial score (nSPS) is 15.2. The molecule has 0 atom stereocenters. The highest BCUT2D eigenvalue weighted by Crippen LogP contribution is 2.23. The molecule has 1 aliphatic heterocycles. The number of fused-ring (bicyclic) bond motifs is 3. The van der Waals surface area contributed by atoms with Crippen molar-refractivity contribution in [1.29, 1.82) is 0 Å². The van der Waals surface area contributed by atoms with Gasteiger partial charge in [0.25, 0.3) is 0 Å². The van der Waals surface area contributed by atoms with E-state index in [1.165, 1.54) is 0 Å². The molecule has 0 saturated carbocycles. The second-order valence-corrected chi connectivity index (χ2v) is 3.26. The second kappa shape index (κ2) is 2.19. The molecule has 64 valence electrons. The van der Waals surface area contributed by atoms with Gasteiger partial charge in [-0.15, -0.1) is 0 Å². The number of pyridine rings is 1. The van der Waals surface area contributed by atoms with Crippen LogP contribution in [0.5, 0.6) is 0 Å². The fraction of sp³-hybridized carbons (Fsp3) is 0.200. The van der Waals surface area contributed by atoms with Gasteiger partial charge < -0.3 is 4.57 Å². The van der Waals surface area contributed by atoms with Crippen LogP contribution in [0.3, 0.4) is 0 Å². The first-order chi connectivity index (χ1) is 6.36. The standard InChI is InChI=1S/C10H8N2O/c13-10-3-5-12-8-2-1-4-11-7(8)6-9(10)12/h1-2,4,6H,3,5H2. The van der Waals surface area contributed by atoms with Crippen molar-refractivity contribution in [2.75, 3.05) is 0 Å². The molecule has 0 aliphatic carbocycles. The fourth-order valence-corrected chi connectivity index (χ4v) is 1.90. The molecule has 0 N–H and O–H groups in total. The number of hydrogen-bond donors (Lipinski definition) is 0. The van der Waals surface area contributed by atoms with E-state index in [2.05, 4.69) is 4.98 Å². The van der Waals surface area contributed by atoms with Gasteiger partial charge in [0.2, 0.25) is 0 Å². The second-order valence-electron chi connectivity index (χ2n) is 3.26. The van der Waals surface area contributed by atoms with Crippen molar-refractivity contribution < 1.29 is 4.79 Å². The average Bonchev–Trinajstić information content (AvgIpc) is 2.67. The van der Waals surface area contributed by atoms with Crippen LogP contribution in [0.15, 0.2) is 24.4 Å². The maximum atomic E-state index is 11.4. The molecule has 0 saturated heterocycles.